The van der Waals surface area contributed by atoms with E-state index in [-0.39, 0.29) is 9.79 Å². The summed E-state index contributed by atoms with van der Waals surface area (Å²) in [6, 6.07) is 30.2. The van der Waals surface area contributed by atoms with E-state index >= 15 is 0 Å². The number of nitrogens with zero attached hydrogens (tertiary/aromatic N) is 3. The molecule has 0 spiro atoms. The average Bonchev–Trinajstić information content (AvgIpc) is 3.53. The third kappa shape index (κ3) is 6.10. The minimum Gasteiger partial charge on any atom is -0.238 e. The maximum Gasteiger partial charge on any atom is 0.268 e. The van der Waals surface area contributed by atoms with Crippen molar-refractivity contribution in [3.05, 3.63) is 125 Å². The van der Waals surface area contributed by atoms with Crippen LogP contribution in [0, 0.1) is 13.8 Å². The first-order valence-electron chi connectivity index (χ1n) is 13.6. The summed E-state index contributed by atoms with van der Waals surface area (Å²) in [7, 11) is -8.00. The van der Waals surface area contributed by atoms with E-state index in [1.165, 1.54) is 52.4 Å². The highest BCUT2D eigenvalue weighted by molar-refractivity contribution is 9.10. The van der Waals surface area contributed by atoms with Gasteiger partial charge in [-0.25, -0.2) is 37.5 Å². The summed E-state index contributed by atoms with van der Waals surface area (Å²) >= 11 is 3.40. The molecular weight excluding hydrogens is 698 g/mol. The van der Waals surface area contributed by atoms with E-state index in [1.54, 1.807) is 68.4 Å². The molecule has 4 aromatic carbocycles. The summed E-state index contributed by atoms with van der Waals surface area (Å²) in [4.78, 5) is 0.600. The van der Waals surface area contributed by atoms with E-state index < -0.39 is 30.1 Å². The molecule has 0 aliphatic carbocycles. The Morgan fingerprint density at radius 3 is 1.40 bits per heavy atom. The highest BCUT2D eigenvalue weighted by Gasteiger charge is 2.24. The quantitative estimate of drug-likeness (QED) is 0.197. The Kier molecular flexibility index (Phi) is 8.86. The third-order valence-electron chi connectivity index (χ3n) is 7.14. The lowest BCUT2D eigenvalue weighted by Gasteiger charge is -2.12. The van der Waals surface area contributed by atoms with Crippen molar-refractivity contribution in [1.82, 2.24) is 12.3 Å². The van der Waals surface area contributed by atoms with Gasteiger partial charge in [0.15, 0.2) is 0 Å². The second-order valence-electron chi connectivity index (χ2n) is 10.4. The Morgan fingerprint density at radius 2 is 0.956 bits per heavy atom. The summed E-state index contributed by atoms with van der Waals surface area (Å²) in [6.07, 6.45) is 0. The molecule has 0 amide bonds. The second kappa shape index (κ2) is 12.2. The first-order valence-corrected chi connectivity index (χ1v) is 18.7. The molecule has 0 saturated heterocycles. The topological polar surface area (TPSA) is 116 Å². The minimum absolute atomic E-state index is 0.124. The van der Waals surface area contributed by atoms with Gasteiger partial charge in [-0.15, -0.1) is 0 Å². The van der Waals surface area contributed by atoms with Crippen LogP contribution in [0.1, 0.15) is 11.4 Å². The normalized spacial score (nSPS) is 12.4. The van der Waals surface area contributed by atoms with Gasteiger partial charge >= 0.3 is 0 Å². The van der Waals surface area contributed by atoms with Crippen molar-refractivity contribution >= 4 is 67.8 Å². The van der Waals surface area contributed by atoms with Crippen molar-refractivity contribution in [2.24, 2.45) is 0 Å². The van der Waals surface area contributed by atoms with Gasteiger partial charge in [-0.3, -0.25) is 0 Å². The van der Waals surface area contributed by atoms with E-state index in [0.717, 1.165) is 14.2 Å². The first kappa shape index (κ1) is 32.6. The van der Waals surface area contributed by atoms with Crippen LogP contribution in [0.15, 0.2) is 128 Å². The van der Waals surface area contributed by atoms with E-state index in [4.69, 9.17) is 0 Å². The van der Waals surface area contributed by atoms with E-state index in [1.807, 2.05) is 24.3 Å². The highest BCUT2D eigenvalue weighted by Crippen LogP contribution is 2.29. The van der Waals surface area contributed by atoms with Crippen LogP contribution in [0.3, 0.4) is 0 Å². The summed E-state index contributed by atoms with van der Waals surface area (Å²) in [6.45, 7) is 3.48. The van der Waals surface area contributed by atoms with Crippen LogP contribution in [-0.4, -0.2) is 51.6 Å². The Morgan fingerprint density at radius 1 is 0.533 bits per heavy atom. The third-order valence-corrected chi connectivity index (χ3v) is 13.1. The molecule has 13 heteroatoms. The van der Waals surface area contributed by atoms with Gasteiger partial charge in [-0.1, -0.05) is 52.3 Å². The van der Waals surface area contributed by atoms with Gasteiger partial charge in [0.1, 0.15) is 0 Å². The molecule has 0 aliphatic rings. The van der Waals surface area contributed by atoms with Crippen LogP contribution in [0.25, 0.3) is 21.8 Å². The number of halogens is 1. The fourth-order valence-corrected chi connectivity index (χ4v) is 9.47. The van der Waals surface area contributed by atoms with Crippen LogP contribution in [0.4, 0.5) is 0 Å². The molecule has 6 rings (SSSR count). The van der Waals surface area contributed by atoms with Gasteiger partial charge in [0.25, 0.3) is 20.0 Å². The zero-order valence-electron chi connectivity index (χ0n) is 24.8. The number of sulfonamides is 1. The minimum atomic E-state index is -3.76. The average molecular weight is 729 g/mol. The van der Waals surface area contributed by atoms with Crippen LogP contribution >= 0.6 is 15.9 Å². The maximum atomic E-state index is 13.0. The molecule has 0 atom stereocenters. The number of hydrogen-bond donors (Lipinski definition) is 0. The molecular formula is C32H30BrN3O6S3. The predicted octanol–water partition coefficient (Wildman–Crippen LogP) is 6.39. The maximum absolute atomic E-state index is 13.0. The van der Waals surface area contributed by atoms with Crippen molar-refractivity contribution in [2.45, 2.75) is 28.5 Å². The molecule has 0 bridgehead atoms. The van der Waals surface area contributed by atoms with Gasteiger partial charge in [-0.05, 0) is 86.6 Å². The molecule has 234 valence electrons. The van der Waals surface area contributed by atoms with Gasteiger partial charge in [0, 0.05) is 40.7 Å². The molecule has 45 heavy (non-hydrogen) atoms. The van der Waals surface area contributed by atoms with Crippen molar-refractivity contribution < 1.29 is 25.3 Å². The van der Waals surface area contributed by atoms with Crippen molar-refractivity contribution in [2.75, 3.05) is 14.1 Å². The zero-order chi connectivity index (χ0) is 32.7. The summed E-state index contributed by atoms with van der Waals surface area (Å²) < 4.78 is 80.7. The van der Waals surface area contributed by atoms with Crippen molar-refractivity contribution in [1.29, 1.82) is 0 Å². The van der Waals surface area contributed by atoms with Gasteiger partial charge < -0.3 is 0 Å². The summed E-state index contributed by atoms with van der Waals surface area (Å²) in [5.74, 6) is 0. The monoisotopic (exact) mass is 727 g/mol. The molecule has 6 aromatic rings. The summed E-state index contributed by atoms with van der Waals surface area (Å²) in [5.41, 5.74) is 2.34. The molecule has 0 saturated carbocycles. The molecule has 0 N–H and O–H groups in total. The number of rotatable bonds is 6. The Hall–Kier alpha value is -3.75. The van der Waals surface area contributed by atoms with Crippen molar-refractivity contribution in [3.8, 4) is 0 Å². The largest absolute Gasteiger partial charge is 0.268 e. The second-order valence-corrected chi connectivity index (χ2v) is 17.1. The molecule has 0 aliphatic heterocycles. The van der Waals surface area contributed by atoms with Crippen LogP contribution < -0.4 is 0 Å². The number of benzene rings is 4. The van der Waals surface area contributed by atoms with E-state index in [9.17, 15) is 25.3 Å². The summed E-state index contributed by atoms with van der Waals surface area (Å²) in [5, 5.41) is 1.45. The standard InChI is InChI=1S/C17H18N2O4S2.C15H12BrNO2S/c1-13-11-14-12-16(24(20,21)18(2)3)9-10-17(14)19(13)25(22,23)15-7-5-4-6-8-15;1-11-9-12-10-13(16)7-8-15(12)17(11)20(18,19)14-5-3-2-4-6-14/h4-12H,1-3H3;2-10H,1H3. The Balaban J connectivity index is 0.000000182. The van der Waals surface area contributed by atoms with Gasteiger partial charge in [-0.2, -0.15) is 0 Å². The molecule has 2 heterocycles. The molecule has 2 aromatic heterocycles. The predicted molar refractivity (Wildman–Crippen MR) is 180 cm³/mol. The van der Waals surface area contributed by atoms with Gasteiger partial charge in [0.2, 0.25) is 10.0 Å². The number of fused-ring (bicyclic) bond motifs is 2. The van der Waals surface area contributed by atoms with Crippen molar-refractivity contribution in [3.63, 3.8) is 0 Å². The first-order chi connectivity index (χ1) is 21.2. The Labute approximate surface area is 271 Å². The fraction of sp³-hybridized carbons (Fsp3) is 0.125. The molecule has 0 unspecified atom stereocenters. The molecule has 9 nitrogen and oxygen atoms in total. The lowest BCUT2D eigenvalue weighted by atomic mass is 10.2. The zero-order valence-corrected chi connectivity index (χ0v) is 28.8. The van der Waals surface area contributed by atoms with Crippen LogP contribution in [-0.2, 0) is 30.1 Å². The molecule has 0 fully saturated rings. The van der Waals surface area contributed by atoms with Crippen LogP contribution in [0.5, 0.6) is 0 Å². The van der Waals surface area contributed by atoms with Crippen LogP contribution in [0.2, 0.25) is 0 Å². The van der Waals surface area contributed by atoms with Gasteiger partial charge in [0.05, 0.1) is 25.7 Å². The number of hydrogen-bond acceptors (Lipinski definition) is 6. The fourth-order valence-electron chi connectivity index (χ4n) is 5.01. The Bertz CT molecular complexity index is 2370. The SMILES string of the molecule is Cc1cc2cc(Br)ccc2n1S(=O)(=O)c1ccccc1.Cc1cc2cc(S(=O)(=O)N(C)C)ccc2n1S(=O)(=O)c1ccccc1. The smallest absolute Gasteiger partial charge is 0.238 e. The highest BCUT2D eigenvalue weighted by atomic mass is 79.9. The van der Waals surface area contributed by atoms with E-state index in [0.29, 0.717) is 32.7 Å². The lowest BCUT2D eigenvalue weighted by Crippen LogP contribution is -2.22. The molecule has 0 radical (unpaired) electrons. The number of aryl methyl sites for hydroxylation is 2. The lowest BCUT2D eigenvalue weighted by molar-refractivity contribution is 0.521. The van der Waals surface area contributed by atoms with E-state index in [2.05, 4.69) is 15.9 Å². The number of aromatic nitrogens is 2.